The van der Waals surface area contributed by atoms with Crippen LogP contribution in [0.5, 0.6) is 0 Å². The van der Waals surface area contributed by atoms with Gasteiger partial charge in [-0.1, -0.05) is 48.5 Å². The molecule has 0 spiro atoms. The van der Waals surface area contributed by atoms with E-state index in [1.165, 1.54) is 0 Å². The molecule has 0 bridgehead atoms. The largest absolute Gasteiger partial charge is 0.481 e. The molecule has 0 radical (unpaired) electrons. The number of carboxylic acid groups (broad SMARTS) is 1. The summed E-state index contributed by atoms with van der Waals surface area (Å²) in [7, 11) is 0. The van der Waals surface area contributed by atoms with E-state index in [1.54, 1.807) is 6.92 Å². The van der Waals surface area contributed by atoms with Gasteiger partial charge in [-0.25, -0.2) is 4.79 Å². The average Bonchev–Trinajstić information content (AvgIpc) is 3.08. The number of fused-ring (bicyclic) bond motifs is 3. The van der Waals surface area contributed by atoms with E-state index in [0.29, 0.717) is 0 Å². The van der Waals surface area contributed by atoms with Gasteiger partial charge in [-0.2, -0.15) is 0 Å². The zero-order valence-electron chi connectivity index (χ0n) is 17.2. The third-order valence-corrected chi connectivity index (χ3v) is 5.07. The highest BCUT2D eigenvalue weighted by Crippen LogP contribution is 2.44. The van der Waals surface area contributed by atoms with Crippen LogP contribution < -0.4 is 10.6 Å². The molecule has 160 valence electrons. The lowest BCUT2D eigenvalue weighted by Crippen LogP contribution is -2.47. The Kier molecular flexibility index (Phi) is 7.28. The van der Waals surface area contributed by atoms with Crippen LogP contribution in [0.2, 0.25) is 0 Å². The van der Waals surface area contributed by atoms with Gasteiger partial charge in [0.15, 0.2) is 0 Å². The molecular weight excluding hydrogens is 396 g/mol. The number of carbonyl (C=O) groups is 3. The Hall–Kier alpha value is -3.79. The maximum Gasteiger partial charge on any atom is 0.407 e. The third-order valence-electron chi connectivity index (χ3n) is 5.07. The first-order valence-corrected chi connectivity index (χ1v) is 10.0. The van der Waals surface area contributed by atoms with Gasteiger partial charge in [0, 0.05) is 18.9 Å². The van der Waals surface area contributed by atoms with Crippen molar-refractivity contribution in [3.63, 3.8) is 0 Å². The van der Waals surface area contributed by atoms with E-state index in [2.05, 4.69) is 34.6 Å². The summed E-state index contributed by atoms with van der Waals surface area (Å²) in [6.07, 6.45) is -0.833. The molecule has 7 heteroatoms. The lowest BCUT2D eigenvalue weighted by atomic mass is 9.98. The van der Waals surface area contributed by atoms with Gasteiger partial charge in [-0.3, -0.25) is 9.59 Å². The van der Waals surface area contributed by atoms with E-state index in [-0.39, 0.29) is 31.9 Å². The quantitative estimate of drug-likeness (QED) is 0.570. The first kappa shape index (κ1) is 21.9. The predicted octanol–water partition coefficient (Wildman–Crippen LogP) is 2.90. The fourth-order valence-corrected chi connectivity index (χ4v) is 3.61. The lowest BCUT2D eigenvalue weighted by molar-refractivity contribution is -0.137. The molecule has 7 nitrogen and oxygen atoms in total. The van der Waals surface area contributed by atoms with Crippen LogP contribution in [0.15, 0.2) is 48.5 Å². The van der Waals surface area contributed by atoms with Gasteiger partial charge in [0.1, 0.15) is 12.6 Å². The molecule has 2 aromatic carbocycles. The molecule has 2 aromatic rings. The van der Waals surface area contributed by atoms with E-state index in [1.807, 2.05) is 36.4 Å². The number of carbonyl (C=O) groups excluding carboxylic acids is 2. The van der Waals surface area contributed by atoms with Crippen molar-refractivity contribution in [2.45, 2.75) is 31.7 Å². The van der Waals surface area contributed by atoms with Crippen molar-refractivity contribution >= 4 is 18.0 Å². The molecule has 31 heavy (non-hydrogen) atoms. The van der Waals surface area contributed by atoms with Gasteiger partial charge in [0.05, 0.1) is 6.42 Å². The third kappa shape index (κ3) is 5.43. The minimum absolute atomic E-state index is 0.0312. The van der Waals surface area contributed by atoms with Crippen molar-refractivity contribution in [3.8, 4) is 23.0 Å². The number of aliphatic carboxylic acids is 1. The number of carboxylic acids is 1. The first-order chi connectivity index (χ1) is 15.0. The molecule has 1 unspecified atom stereocenters. The van der Waals surface area contributed by atoms with Crippen molar-refractivity contribution in [2.24, 2.45) is 0 Å². The van der Waals surface area contributed by atoms with Crippen LogP contribution in [0, 0.1) is 11.8 Å². The SMILES string of the molecule is CC#CCC(NC(=O)OCC1c2ccccc2-c2ccccc21)C(=O)NCCC(=O)O. The van der Waals surface area contributed by atoms with Crippen LogP contribution in [0.25, 0.3) is 11.1 Å². The van der Waals surface area contributed by atoms with Crippen molar-refractivity contribution in [2.75, 3.05) is 13.2 Å². The Morgan fingerprint density at radius 1 is 1.06 bits per heavy atom. The smallest absolute Gasteiger partial charge is 0.407 e. The Balaban J connectivity index is 1.63. The number of benzene rings is 2. The van der Waals surface area contributed by atoms with Crippen molar-refractivity contribution in [3.05, 3.63) is 59.7 Å². The van der Waals surface area contributed by atoms with E-state index in [0.717, 1.165) is 22.3 Å². The lowest BCUT2D eigenvalue weighted by Gasteiger charge is -2.18. The van der Waals surface area contributed by atoms with E-state index in [4.69, 9.17) is 9.84 Å². The summed E-state index contributed by atoms with van der Waals surface area (Å²) >= 11 is 0. The van der Waals surface area contributed by atoms with Gasteiger partial charge in [-0.15, -0.1) is 11.8 Å². The highest BCUT2D eigenvalue weighted by atomic mass is 16.5. The molecule has 1 aliphatic rings. The molecule has 0 aliphatic heterocycles. The molecule has 0 aromatic heterocycles. The molecule has 0 heterocycles. The fraction of sp³-hybridized carbons (Fsp3) is 0.292. The summed E-state index contributed by atoms with van der Waals surface area (Å²) in [5.41, 5.74) is 4.44. The summed E-state index contributed by atoms with van der Waals surface area (Å²) in [5.74, 6) is 3.83. The zero-order chi connectivity index (χ0) is 22.2. The number of amides is 2. The molecule has 0 saturated heterocycles. The van der Waals surface area contributed by atoms with Crippen molar-refractivity contribution < 1.29 is 24.2 Å². The van der Waals surface area contributed by atoms with Crippen LogP contribution >= 0.6 is 0 Å². The van der Waals surface area contributed by atoms with Gasteiger partial charge in [-0.05, 0) is 29.2 Å². The number of hydrogen-bond donors (Lipinski definition) is 3. The number of ether oxygens (including phenoxy) is 1. The van der Waals surface area contributed by atoms with Crippen LogP contribution in [0.1, 0.15) is 36.8 Å². The molecule has 1 atom stereocenters. The minimum atomic E-state index is -1.02. The summed E-state index contributed by atoms with van der Waals surface area (Å²) in [6.45, 7) is 1.73. The van der Waals surface area contributed by atoms with E-state index in [9.17, 15) is 14.4 Å². The van der Waals surface area contributed by atoms with Crippen LogP contribution in [0.4, 0.5) is 4.79 Å². The summed E-state index contributed by atoms with van der Waals surface area (Å²) in [4.78, 5) is 35.4. The molecule has 3 rings (SSSR count). The van der Waals surface area contributed by atoms with E-state index < -0.39 is 24.0 Å². The Morgan fingerprint density at radius 2 is 1.68 bits per heavy atom. The maximum absolute atomic E-state index is 12.4. The average molecular weight is 420 g/mol. The van der Waals surface area contributed by atoms with Gasteiger partial charge in [0.25, 0.3) is 0 Å². The van der Waals surface area contributed by atoms with Crippen LogP contribution in [0.3, 0.4) is 0 Å². The molecule has 0 fully saturated rings. The number of hydrogen-bond acceptors (Lipinski definition) is 4. The second-order valence-electron chi connectivity index (χ2n) is 7.09. The summed E-state index contributed by atoms with van der Waals surface area (Å²) < 4.78 is 5.47. The highest BCUT2D eigenvalue weighted by molar-refractivity contribution is 5.86. The normalized spacial score (nSPS) is 12.5. The molecule has 1 aliphatic carbocycles. The van der Waals surface area contributed by atoms with Gasteiger partial charge in [0.2, 0.25) is 5.91 Å². The molecule has 0 saturated carbocycles. The van der Waals surface area contributed by atoms with Crippen LogP contribution in [-0.2, 0) is 14.3 Å². The second kappa shape index (κ2) is 10.3. The van der Waals surface area contributed by atoms with E-state index >= 15 is 0 Å². The topological polar surface area (TPSA) is 105 Å². The molecule has 2 amide bonds. The van der Waals surface area contributed by atoms with Gasteiger partial charge < -0.3 is 20.5 Å². The van der Waals surface area contributed by atoms with Crippen LogP contribution in [-0.4, -0.2) is 42.3 Å². The summed E-state index contributed by atoms with van der Waals surface area (Å²) in [6, 6.07) is 15.1. The number of nitrogens with one attached hydrogen (secondary N) is 2. The monoisotopic (exact) mass is 420 g/mol. The second-order valence-corrected chi connectivity index (χ2v) is 7.09. The van der Waals surface area contributed by atoms with Crippen molar-refractivity contribution in [1.29, 1.82) is 0 Å². The fourth-order valence-electron chi connectivity index (χ4n) is 3.61. The van der Waals surface area contributed by atoms with Crippen molar-refractivity contribution in [1.82, 2.24) is 10.6 Å². The zero-order valence-corrected chi connectivity index (χ0v) is 17.2. The summed E-state index contributed by atoms with van der Waals surface area (Å²) in [5, 5.41) is 13.7. The Morgan fingerprint density at radius 3 is 2.26 bits per heavy atom. The highest BCUT2D eigenvalue weighted by Gasteiger charge is 2.29. The molecule has 3 N–H and O–H groups in total. The Labute approximate surface area is 180 Å². The number of rotatable bonds is 8. The maximum atomic E-state index is 12.4. The van der Waals surface area contributed by atoms with Gasteiger partial charge >= 0.3 is 12.1 Å². The molecular formula is C24H24N2O5. The number of alkyl carbamates (subject to hydrolysis) is 1. The first-order valence-electron chi connectivity index (χ1n) is 10.0. The Bertz CT molecular complexity index is 992. The standard InChI is InChI=1S/C24H24N2O5/c1-2-3-12-21(23(29)25-14-13-22(27)28)26-24(30)31-15-20-18-10-6-4-8-16(18)17-9-5-7-11-19(17)20/h4-11,20-21H,12-15H2,1H3,(H,25,29)(H,26,30)(H,27,28). The predicted molar refractivity (Wildman–Crippen MR) is 115 cm³/mol. The minimum Gasteiger partial charge on any atom is -0.481 e.